The minimum atomic E-state index is 0.853. The van der Waals surface area contributed by atoms with E-state index in [0.29, 0.717) is 0 Å². The molecule has 0 radical (unpaired) electrons. The number of nitrogens with zero attached hydrogens (tertiary/aromatic N) is 2. The first-order chi connectivity index (χ1) is 6.72. The quantitative estimate of drug-likeness (QED) is 0.704. The normalized spacial score (nSPS) is 24.4. The molecule has 0 aliphatic carbocycles. The predicted octanol–water partition coefficient (Wildman–Crippen LogP) is 0.609. The SMILES string of the molecule is CN(C)CCN1CCCC(CCN)C1. The van der Waals surface area contributed by atoms with Crippen molar-refractivity contribution in [3.8, 4) is 0 Å². The van der Waals surface area contributed by atoms with Gasteiger partial charge in [-0.3, -0.25) is 0 Å². The molecule has 14 heavy (non-hydrogen) atoms. The standard InChI is InChI=1S/C11H25N3/c1-13(2)8-9-14-7-3-4-11(10-14)5-6-12/h11H,3-10,12H2,1-2H3. The van der Waals surface area contributed by atoms with E-state index in [4.69, 9.17) is 5.73 Å². The second kappa shape index (κ2) is 6.38. The molecule has 1 rings (SSSR count). The lowest BCUT2D eigenvalue weighted by atomic mass is 9.95. The van der Waals surface area contributed by atoms with Crippen LogP contribution < -0.4 is 5.73 Å². The molecule has 0 aromatic rings. The number of hydrogen-bond donors (Lipinski definition) is 1. The fourth-order valence-corrected chi connectivity index (χ4v) is 2.17. The van der Waals surface area contributed by atoms with Crippen LogP contribution in [0.4, 0.5) is 0 Å². The van der Waals surface area contributed by atoms with E-state index in [1.54, 1.807) is 0 Å². The van der Waals surface area contributed by atoms with Crippen molar-refractivity contribution in [3.05, 3.63) is 0 Å². The van der Waals surface area contributed by atoms with E-state index in [0.717, 1.165) is 12.5 Å². The molecule has 2 N–H and O–H groups in total. The molecule has 0 spiro atoms. The lowest BCUT2D eigenvalue weighted by Gasteiger charge is -2.33. The summed E-state index contributed by atoms with van der Waals surface area (Å²) in [5.74, 6) is 0.857. The lowest BCUT2D eigenvalue weighted by Crippen LogP contribution is -2.39. The summed E-state index contributed by atoms with van der Waals surface area (Å²) < 4.78 is 0. The topological polar surface area (TPSA) is 32.5 Å². The van der Waals surface area contributed by atoms with E-state index in [1.165, 1.54) is 45.4 Å². The molecule has 1 unspecified atom stereocenters. The van der Waals surface area contributed by atoms with Crippen LogP contribution in [0.15, 0.2) is 0 Å². The third-order valence-corrected chi connectivity index (χ3v) is 3.04. The third-order valence-electron chi connectivity index (χ3n) is 3.04. The molecule has 0 amide bonds. The average molecular weight is 199 g/mol. The summed E-state index contributed by atoms with van der Waals surface area (Å²) in [5, 5.41) is 0. The molecule has 1 atom stereocenters. The fourth-order valence-electron chi connectivity index (χ4n) is 2.17. The van der Waals surface area contributed by atoms with Crippen molar-refractivity contribution < 1.29 is 0 Å². The number of nitrogens with two attached hydrogens (primary N) is 1. The van der Waals surface area contributed by atoms with Gasteiger partial charge in [0.25, 0.3) is 0 Å². The lowest BCUT2D eigenvalue weighted by molar-refractivity contribution is 0.158. The summed E-state index contributed by atoms with van der Waals surface area (Å²) in [4.78, 5) is 4.84. The first-order valence-corrected chi connectivity index (χ1v) is 5.79. The highest BCUT2D eigenvalue weighted by molar-refractivity contribution is 4.73. The van der Waals surface area contributed by atoms with Crippen LogP contribution >= 0.6 is 0 Å². The largest absolute Gasteiger partial charge is 0.330 e. The Morgan fingerprint density at radius 1 is 1.43 bits per heavy atom. The molecular weight excluding hydrogens is 174 g/mol. The zero-order chi connectivity index (χ0) is 10.4. The molecule has 1 saturated heterocycles. The number of hydrogen-bond acceptors (Lipinski definition) is 3. The van der Waals surface area contributed by atoms with Crippen molar-refractivity contribution in [2.24, 2.45) is 11.7 Å². The highest BCUT2D eigenvalue weighted by Gasteiger charge is 2.18. The second-order valence-corrected chi connectivity index (χ2v) is 4.69. The minimum Gasteiger partial charge on any atom is -0.330 e. The van der Waals surface area contributed by atoms with Gasteiger partial charge in [-0.25, -0.2) is 0 Å². The zero-order valence-corrected chi connectivity index (χ0v) is 9.71. The molecule has 0 saturated carbocycles. The Hall–Kier alpha value is -0.120. The van der Waals surface area contributed by atoms with E-state index in [-0.39, 0.29) is 0 Å². The van der Waals surface area contributed by atoms with Crippen LogP contribution in [0.2, 0.25) is 0 Å². The summed E-state index contributed by atoms with van der Waals surface area (Å²) in [6.45, 7) is 5.80. The van der Waals surface area contributed by atoms with Crippen LogP contribution in [0.25, 0.3) is 0 Å². The molecule has 0 bridgehead atoms. The molecule has 3 heteroatoms. The molecule has 3 nitrogen and oxygen atoms in total. The van der Waals surface area contributed by atoms with Crippen LogP contribution in [0.3, 0.4) is 0 Å². The van der Waals surface area contributed by atoms with Gasteiger partial charge < -0.3 is 15.5 Å². The molecule has 84 valence electrons. The number of likely N-dealkylation sites (N-methyl/N-ethyl adjacent to an activating group) is 1. The summed E-state index contributed by atoms with van der Waals surface area (Å²) in [5.41, 5.74) is 5.60. The summed E-state index contributed by atoms with van der Waals surface area (Å²) in [6, 6.07) is 0. The van der Waals surface area contributed by atoms with E-state index < -0.39 is 0 Å². The van der Waals surface area contributed by atoms with Crippen LogP contribution in [0, 0.1) is 5.92 Å². The average Bonchev–Trinajstić information content (AvgIpc) is 2.16. The van der Waals surface area contributed by atoms with Crippen LogP contribution in [-0.2, 0) is 0 Å². The highest BCUT2D eigenvalue weighted by atomic mass is 15.2. The Labute approximate surface area is 88.2 Å². The van der Waals surface area contributed by atoms with Crippen molar-refractivity contribution in [2.75, 3.05) is 46.8 Å². The minimum absolute atomic E-state index is 0.853. The van der Waals surface area contributed by atoms with Gasteiger partial charge in [-0.15, -0.1) is 0 Å². The molecule has 1 fully saturated rings. The summed E-state index contributed by atoms with van der Waals surface area (Å²) in [6.07, 6.45) is 3.95. The predicted molar refractivity (Wildman–Crippen MR) is 61.4 cm³/mol. The molecular formula is C11H25N3. The smallest absolute Gasteiger partial charge is 0.0109 e. The molecule has 0 aromatic carbocycles. The molecule has 0 aromatic heterocycles. The van der Waals surface area contributed by atoms with Gasteiger partial charge in [0, 0.05) is 19.6 Å². The Morgan fingerprint density at radius 3 is 2.86 bits per heavy atom. The number of piperidine rings is 1. The maximum atomic E-state index is 5.60. The summed E-state index contributed by atoms with van der Waals surface area (Å²) >= 11 is 0. The zero-order valence-electron chi connectivity index (χ0n) is 9.71. The van der Waals surface area contributed by atoms with Gasteiger partial charge in [-0.2, -0.15) is 0 Å². The van der Waals surface area contributed by atoms with Gasteiger partial charge in [0.05, 0.1) is 0 Å². The number of likely N-dealkylation sites (tertiary alicyclic amines) is 1. The maximum Gasteiger partial charge on any atom is 0.0109 e. The fraction of sp³-hybridized carbons (Fsp3) is 1.00. The van der Waals surface area contributed by atoms with Gasteiger partial charge in [-0.1, -0.05) is 0 Å². The molecule has 1 aliphatic rings. The Kier molecular flexibility index (Phi) is 5.45. The monoisotopic (exact) mass is 199 g/mol. The first-order valence-electron chi connectivity index (χ1n) is 5.79. The van der Waals surface area contributed by atoms with E-state index in [2.05, 4.69) is 23.9 Å². The van der Waals surface area contributed by atoms with Gasteiger partial charge in [-0.05, 0) is 52.4 Å². The van der Waals surface area contributed by atoms with Crippen molar-refractivity contribution in [1.29, 1.82) is 0 Å². The van der Waals surface area contributed by atoms with Gasteiger partial charge in [0.2, 0.25) is 0 Å². The Morgan fingerprint density at radius 2 is 2.21 bits per heavy atom. The highest BCUT2D eigenvalue weighted by Crippen LogP contribution is 2.18. The first kappa shape index (κ1) is 12.0. The third kappa shape index (κ3) is 4.40. The van der Waals surface area contributed by atoms with Crippen LogP contribution in [0.1, 0.15) is 19.3 Å². The van der Waals surface area contributed by atoms with Crippen molar-refractivity contribution in [1.82, 2.24) is 9.80 Å². The maximum absolute atomic E-state index is 5.60. The molecule has 1 aliphatic heterocycles. The van der Waals surface area contributed by atoms with Crippen molar-refractivity contribution in [3.63, 3.8) is 0 Å². The van der Waals surface area contributed by atoms with E-state index in [1.807, 2.05) is 0 Å². The Balaban J connectivity index is 2.18. The van der Waals surface area contributed by atoms with Crippen LogP contribution in [0.5, 0.6) is 0 Å². The van der Waals surface area contributed by atoms with E-state index in [9.17, 15) is 0 Å². The molecule has 1 heterocycles. The second-order valence-electron chi connectivity index (χ2n) is 4.69. The van der Waals surface area contributed by atoms with E-state index >= 15 is 0 Å². The summed E-state index contributed by atoms with van der Waals surface area (Å²) in [7, 11) is 4.28. The number of rotatable bonds is 5. The Bertz CT molecular complexity index is 145. The van der Waals surface area contributed by atoms with Gasteiger partial charge in [0.15, 0.2) is 0 Å². The van der Waals surface area contributed by atoms with Crippen LogP contribution in [-0.4, -0.2) is 56.6 Å². The van der Waals surface area contributed by atoms with Crippen molar-refractivity contribution in [2.45, 2.75) is 19.3 Å². The van der Waals surface area contributed by atoms with Crippen molar-refractivity contribution >= 4 is 0 Å². The van der Waals surface area contributed by atoms with Gasteiger partial charge >= 0.3 is 0 Å². The van der Waals surface area contributed by atoms with Gasteiger partial charge in [0.1, 0.15) is 0 Å².